The SMILES string of the molecule is CC(=O)OCCSc1cccc2c(SCCOC(C)=O)cccc12. The molecule has 0 bridgehead atoms. The van der Waals surface area contributed by atoms with Gasteiger partial charge in [0.2, 0.25) is 0 Å². The molecular formula is C18H20O4S2. The van der Waals surface area contributed by atoms with E-state index in [1.54, 1.807) is 23.5 Å². The Balaban J connectivity index is 2.05. The number of hydrogen-bond donors (Lipinski definition) is 0. The molecule has 0 radical (unpaired) electrons. The first kappa shape index (κ1) is 18.7. The van der Waals surface area contributed by atoms with Crippen molar-refractivity contribution in [1.82, 2.24) is 0 Å². The number of thioether (sulfide) groups is 2. The van der Waals surface area contributed by atoms with Crippen molar-refractivity contribution in [2.24, 2.45) is 0 Å². The quantitative estimate of drug-likeness (QED) is 0.398. The monoisotopic (exact) mass is 364 g/mol. The van der Waals surface area contributed by atoms with Gasteiger partial charge in [-0.1, -0.05) is 24.3 Å². The molecule has 0 aliphatic heterocycles. The molecule has 0 N–H and O–H groups in total. The normalized spacial score (nSPS) is 10.6. The Morgan fingerprint density at radius 3 is 1.58 bits per heavy atom. The van der Waals surface area contributed by atoms with Crippen molar-refractivity contribution < 1.29 is 19.1 Å². The zero-order chi connectivity index (χ0) is 17.4. The molecule has 6 heteroatoms. The van der Waals surface area contributed by atoms with Gasteiger partial charge in [0.05, 0.1) is 0 Å². The molecule has 4 nitrogen and oxygen atoms in total. The van der Waals surface area contributed by atoms with E-state index in [4.69, 9.17) is 9.47 Å². The minimum Gasteiger partial charge on any atom is -0.465 e. The number of fused-ring (bicyclic) bond motifs is 1. The molecule has 0 saturated carbocycles. The molecule has 0 aliphatic rings. The fraction of sp³-hybridized carbons (Fsp3) is 0.333. The number of esters is 2. The molecule has 0 atom stereocenters. The van der Waals surface area contributed by atoms with Crippen molar-refractivity contribution in [3.05, 3.63) is 36.4 Å². The van der Waals surface area contributed by atoms with Crippen molar-refractivity contribution in [2.45, 2.75) is 23.6 Å². The average Bonchev–Trinajstić information content (AvgIpc) is 2.55. The standard InChI is InChI=1S/C18H20O4S2/c1-13(19)21-9-11-23-17-7-3-6-16-15(17)5-4-8-18(16)24-12-10-22-14(2)20/h3-8H,9-12H2,1-2H3. The van der Waals surface area contributed by atoms with Gasteiger partial charge in [-0.05, 0) is 22.9 Å². The second kappa shape index (κ2) is 9.59. The van der Waals surface area contributed by atoms with E-state index in [0.29, 0.717) is 13.2 Å². The molecule has 24 heavy (non-hydrogen) atoms. The third kappa shape index (κ3) is 5.76. The van der Waals surface area contributed by atoms with Gasteiger partial charge >= 0.3 is 11.9 Å². The van der Waals surface area contributed by atoms with Crippen LogP contribution in [0.2, 0.25) is 0 Å². The van der Waals surface area contributed by atoms with E-state index >= 15 is 0 Å². The zero-order valence-corrected chi connectivity index (χ0v) is 15.4. The molecular weight excluding hydrogens is 344 g/mol. The van der Waals surface area contributed by atoms with E-state index in [9.17, 15) is 9.59 Å². The Kier molecular flexibility index (Phi) is 7.46. The maximum absolute atomic E-state index is 10.8. The van der Waals surface area contributed by atoms with Crippen LogP contribution in [0.5, 0.6) is 0 Å². The Hall–Kier alpha value is -1.66. The van der Waals surface area contributed by atoms with Crippen LogP contribution < -0.4 is 0 Å². The first-order chi connectivity index (χ1) is 11.6. The molecule has 0 unspecified atom stereocenters. The Morgan fingerprint density at radius 1 is 0.792 bits per heavy atom. The Bertz CT molecular complexity index is 654. The number of benzene rings is 2. The van der Waals surface area contributed by atoms with E-state index in [0.717, 1.165) is 11.5 Å². The van der Waals surface area contributed by atoms with Gasteiger partial charge in [-0.3, -0.25) is 9.59 Å². The summed E-state index contributed by atoms with van der Waals surface area (Å²) >= 11 is 3.35. The molecule has 0 saturated heterocycles. The first-order valence-electron chi connectivity index (χ1n) is 7.62. The number of ether oxygens (including phenoxy) is 2. The Morgan fingerprint density at radius 2 is 1.21 bits per heavy atom. The van der Waals surface area contributed by atoms with Crippen LogP contribution in [0, 0.1) is 0 Å². The number of carbonyl (C=O) groups excluding carboxylic acids is 2. The van der Waals surface area contributed by atoms with Crippen LogP contribution in [-0.4, -0.2) is 36.7 Å². The predicted octanol–water partition coefficient (Wildman–Crippen LogP) is 4.15. The summed E-state index contributed by atoms with van der Waals surface area (Å²) in [5.41, 5.74) is 0. The summed E-state index contributed by atoms with van der Waals surface area (Å²) in [6.45, 7) is 3.66. The molecule has 2 rings (SSSR count). The molecule has 0 spiro atoms. The van der Waals surface area contributed by atoms with Crippen molar-refractivity contribution in [2.75, 3.05) is 24.7 Å². The van der Waals surface area contributed by atoms with Crippen LogP contribution in [0.3, 0.4) is 0 Å². The smallest absolute Gasteiger partial charge is 0.302 e. The van der Waals surface area contributed by atoms with Gasteiger partial charge in [-0.25, -0.2) is 0 Å². The second-order valence-electron chi connectivity index (χ2n) is 4.98. The number of rotatable bonds is 8. The predicted molar refractivity (Wildman–Crippen MR) is 98.7 cm³/mol. The van der Waals surface area contributed by atoms with Crippen LogP contribution >= 0.6 is 23.5 Å². The molecule has 2 aromatic carbocycles. The molecule has 2 aromatic rings. The topological polar surface area (TPSA) is 52.6 Å². The lowest BCUT2D eigenvalue weighted by Crippen LogP contribution is -2.02. The lowest BCUT2D eigenvalue weighted by Gasteiger charge is -2.10. The van der Waals surface area contributed by atoms with Gasteiger partial charge in [-0.2, -0.15) is 0 Å². The van der Waals surface area contributed by atoms with E-state index in [-0.39, 0.29) is 11.9 Å². The number of carbonyl (C=O) groups is 2. The fourth-order valence-corrected chi connectivity index (χ4v) is 3.97. The highest BCUT2D eigenvalue weighted by Crippen LogP contribution is 2.33. The summed E-state index contributed by atoms with van der Waals surface area (Å²) in [5, 5.41) is 2.37. The van der Waals surface area contributed by atoms with Gasteiger partial charge in [0.25, 0.3) is 0 Å². The van der Waals surface area contributed by atoms with Crippen LogP contribution in [0.15, 0.2) is 46.2 Å². The van der Waals surface area contributed by atoms with Gasteiger partial charge < -0.3 is 9.47 Å². The highest BCUT2D eigenvalue weighted by Gasteiger charge is 2.06. The summed E-state index contributed by atoms with van der Waals surface area (Å²) in [6, 6.07) is 12.4. The van der Waals surface area contributed by atoms with Crippen LogP contribution in [0.25, 0.3) is 10.8 Å². The summed E-state index contributed by atoms with van der Waals surface area (Å²) in [5.74, 6) is 0.949. The molecule has 128 valence electrons. The summed E-state index contributed by atoms with van der Waals surface area (Å²) in [4.78, 5) is 24.0. The van der Waals surface area contributed by atoms with Crippen LogP contribution in [0.4, 0.5) is 0 Å². The minimum atomic E-state index is -0.250. The first-order valence-corrected chi connectivity index (χ1v) is 9.59. The van der Waals surface area contributed by atoms with Crippen LogP contribution in [0.1, 0.15) is 13.8 Å². The van der Waals surface area contributed by atoms with E-state index in [2.05, 4.69) is 24.3 Å². The van der Waals surface area contributed by atoms with E-state index in [1.165, 1.54) is 34.4 Å². The maximum atomic E-state index is 10.8. The van der Waals surface area contributed by atoms with E-state index < -0.39 is 0 Å². The largest absolute Gasteiger partial charge is 0.465 e. The van der Waals surface area contributed by atoms with E-state index in [1.807, 2.05) is 12.1 Å². The summed E-state index contributed by atoms with van der Waals surface area (Å²) in [7, 11) is 0. The third-order valence-corrected chi connectivity index (χ3v) is 5.21. The average molecular weight is 364 g/mol. The fourth-order valence-electron chi connectivity index (χ4n) is 2.18. The van der Waals surface area contributed by atoms with Gasteiger partial charge in [-0.15, -0.1) is 23.5 Å². The van der Waals surface area contributed by atoms with Crippen molar-refractivity contribution in [3.63, 3.8) is 0 Å². The molecule has 0 heterocycles. The number of hydrogen-bond acceptors (Lipinski definition) is 6. The highest BCUT2D eigenvalue weighted by atomic mass is 32.2. The molecule has 0 aromatic heterocycles. The Labute approximate surface area is 150 Å². The molecule has 0 aliphatic carbocycles. The van der Waals surface area contributed by atoms with Crippen molar-refractivity contribution in [1.29, 1.82) is 0 Å². The molecule has 0 fully saturated rings. The van der Waals surface area contributed by atoms with Crippen molar-refractivity contribution >= 4 is 46.2 Å². The summed E-state index contributed by atoms with van der Waals surface area (Å²) < 4.78 is 9.96. The van der Waals surface area contributed by atoms with Gasteiger partial charge in [0.1, 0.15) is 13.2 Å². The lowest BCUT2D eigenvalue weighted by molar-refractivity contribution is -0.141. The summed E-state index contributed by atoms with van der Waals surface area (Å²) in [6.07, 6.45) is 0. The lowest BCUT2D eigenvalue weighted by atomic mass is 10.1. The van der Waals surface area contributed by atoms with Crippen molar-refractivity contribution in [3.8, 4) is 0 Å². The van der Waals surface area contributed by atoms with Crippen LogP contribution in [-0.2, 0) is 19.1 Å². The second-order valence-corrected chi connectivity index (χ2v) is 7.26. The molecule has 0 amide bonds. The third-order valence-electron chi connectivity index (χ3n) is 3.13. The van der Waals surface area contributed by atoms with Gasteiger partial charge in [0, 0.05) is 35.1 Å². The van der Waals surface area contributed by atoms with Gasteiger partial charge in [0.15, 0.2) is 0 Å². The highest BCUT2D eigenvalue weighted by molar-refractivity contribution is 8.00. The maximum Gasteiger partial charge on any atom is 0.302 e. The zero-order valence-electron chi connectivity index (χ0n) is 13.7. The minimum absolute atomic E-state index is 0.250.